The number of hydrogen-bond acceptors (Lipinski definition) is 5. The van der Waals surface area contributed by atoms with Crippen molar-refractivity contribution >= 4 is 11.8 Å². The molecule has 1 saturated carbocycles. The van der Waals surface area contributed by atoms with Gasteiger partial charge in [-0.25, -0.2) is 4.98 Å². The topological polar surface area (TPSA) is 69.6 Å². The Morgan fingerprint density at radius 2 is 1.85 bits per heavy atom. The fourth-order valence-electron chi connectivity index (χ4n) is 3.99. The van der Waals surface area contributed by atoms with Crippen molar-refractivity contribution in [2.24, 2.45) is 0 Å². The second-order valence-electron chi connectivity index (χ2n) is 7.13. The van der Waals surface area contributed by atoms with Gasteiger partial charge in [0, 0.05) is 51.2 Å². The van der Waals surface area contributed by atoms with Gasteiger partial charge in [0.15, 0.2) is 0 Å². The number of nitrogens with zero attached hydrogens (tertiary/aromatic N) is 5. The summed E-state index contributed by atoms with van der Waals surface area (Å²) in [7, 11) is 0. The van der Waals surface area contributed by atoms with Crippen molar-refractivity contribution < 1.29 is 9.59 Å². The monoisotopic (exact) mass is 359 g/mol. The first kappa shape index (κ1) is 18.8. The molecule has 1 saturated heterocycles. The Labute approximate surface area is 155 Å². The Bertz CT molecular complexity index is 595. The minimum Gasteiger partial charge on any atom is -0.339 e. The van der Waals surface area contributed by atoms with E-state index in [1.54, 1.807) is 11.1 Å². The largest absolute Gasteiger partial charge is 0.339 e. The highest BCUT2D eigenvalue weighted by molar-refractivity contribution is 5.92. The molecule has 0 spiro atoms. The number of carbonyl (C=O) groups excluding carboxylic acids is 2. The Morgan fingerprint density at radius 3 is 2.46 bits per heavy atom. The van der Waals surface area contributed by atoms with Crippen LogP contribution in [0.3, 0.4) is 0 Å². The summed E-state index contributed by atoms with van der Waals surface area (Å²) >= 11 is 0. The summed E-state index contributed by atoms with van der Waals surface area (Å²) in [4.78, 5) is 39.2. The van der Waals surface area contributed by atoms with Gasteiger partial charge in [0.05, 0.1) is 12.7 Å². The first-order valence-corrected chi connectivity index (χ1v) is 9.76. The zero-order valence-corrected chi connectivity index (χ0v) is 15.6. The van der Waals surface area contributed by atoms with Crippen molar-refractivity contribution in [3.63, 3.8) is 0 Å². The molecule has 0 unspecified atom stereocenters. The van der Waals surface area contributed by atoms with Crippen molar-refractivity contribution in [3.8, 4) is 0 Å². The van der Waals surface area contributed by atoms with E-state index in [2.05, 4.69) is 26.7 Å². The Balaban J connectivity index is 1.48. The molecule has 7 nitrogen and oxygen atoms in total. The molecule has 2 aliphatic rings. The van der Waals surface area contributed by atoms with Crippen LogP contribution in [0.2, 0.25) is 0 Å². The molecule has 2 amide bonds. The van der Waals surface area contributed by atoms with Gasteiger partial charge in [-0.1, -0.05) is 19.3 Å². The van der Waals surface area contributed by atoms with E-state index in [1.165, 1.54) is 31.7 Å². The van der Waals surface area contributed by atoms with Gasteiger partial charge in [-0.3, -0.25) is 19.5 Å². The number of rotatable bonds is 5. The molecule has 1 aromatic heterocycles. The maximum absolute atomic E-state index is 12.8. The third-order valence-electron chi connectivity index (χ3n) is 5.48. The van der Waals surface area contributed by atoms with Crippen LogP contribution in [0.15, 0.2) is 18.6 Å². The molecule has 0 N–H and O–H groups in total. The number of aromatic nitrogens is 2. The van der Waals surface area contributed by atoms with Crippen LogP contribution in [0, 0.1) is 0 Å². The van der Waals surface area contributed by atoms with Crippen LogP contribution < -0.4 is 0 Å². The molecule has 7 heteroatoms. The van der Waals surface area contributed by atoms with Gasteiger partial charge in [0.2, 0.25) is 5.91 Å². The molecular formula is C19H29N5O2. The summed E-state index contributed by atoms with van der Waals surface area (Å²) < 4.78 is 0. The van der Waals surface area contributed by atoms with Gasteiger partial charge in [0.25, 0.3) is 5.91 Å². The maximum atomic E-state index is 12.8. The van der Waals surface area contributed by atoms with Crippen molar-refractivity contribution in [2.75, 3.05) is 39.3 Å². The predicted octanol–water partition coefficient (Wildman–Crippen LogP) is 1.42. The van der Waals surface area contributed by atoms with E-state index in [9.17, 15) is 9.59 Å². The standard InChI is InChI=1S/C19H29N5O2/c1-2-24(16-6-4-3-5-7-16)18(25)15-22-10-12-23(13-11-22)19(26)17-14-20-8-9-21-17/h8-9,14,16H,2-7,10-13,15H2,1H3. The minimum absolute atomic E-state index is 0.0820. The van der Waals surface area contributed by atoms with Crippen molar-refractivity contribution in [2.45, 2.75) is 45.1 Å². The fraction of sp³-hybridized carbons (Fsp3) is 0.684. The molecule has 26 heavy (non-hydrogen) atoms. The van der Waals surface area contributed by atoms with E-state index in [0.717, 1.165) is 32.5 Å². The summed E-state index contributed by atoms with van der Waals surface area (Å²) in [5, 5.41) is 0. The minimum atomic E-state index is -0.0820. The lowest BCUT2D eigenvalue weighted by Crippen LogP contribution is -2.53. The lowest BCUT2D eigenvalue weighted by atomic mass is 9.94. The third kappa shape index (κ3) is 4.58. The number of piperazine rings is 1. The van der Waals surface area contributed by atoms with Gasteiger partial charge in [-0.15, -0.1) is 0 Å². The highest BCUT2D eigenvalue weighted by Gasteiger charge is 2.28. The van der Waals surface area contributed by atoms with Crippen LogP contribution in [0.5, 0.6) is 0 Å². The maximum Gasteiger partial charge on any atom is 0.274 e. The number of carbonyl (C=O) groups is 2. The Morgan fingerprint density at radius 1 is 1.12 bits per heavy atom. The zero-order chi connectivity index (χ0) is 18.4. The van der Waals surface area contributed by atoms with Crippen LogP contribution in [-0.4, -0.2) is 81.8 Å². The second kappa shape index (κ2) is 9.07. The van der Waals surface area contributed by atoms with E-state index < -0.39 is 0 Å². The molecule has 0 bridgehead atoms. The first-order chi connectivity index (χ1) is 12.7. The molecule has 0 atom stereocenters. The number of amides is 2. The summed E-state index contributed by atoms with van der Waals surface area (Å²) in [5.74, 6) is 0.148. The Hall–Kier alpha value is -2.02. The summed E-state index contributed by atoms with van der Waals surface area (Å²) in [6.07, 6.45) is 10.6. The molecule has 3 rings (SSSR count). The van der Waals surface area contributed by atoms with Gasteiger partial charge in [0.1, 0.15) is 5.69 Å². The molecular weight excluding hydrogens is 330 g/mol. The smallest absolute Gasteiger partial charge is 0.274 e. The molecule has 0 radical (unpaired) electrons. The lowest BCUT2D eigenvalue weighted by Gasteiger charge is -2.37. The van der Waals surface area contributed by atoms with E-state index in [4.69, 9.17) is 0 Å². The Kier molecular flexibility index (Phi) is 6.55. The third-order valence-corrected chi connectivity index (χ3v) is 5.48. The molecule has 1 aliphatic heterocycles. The predicted molar refractivity (Wildman–Crippen MR) is 98.6 cm³/mol. The molecule has 1 aromatic rings. The highest BCUT2D eigenvalue weighted by Crippen LogP contribution is 2.22. The quantitative estimate of drug-likeness (QED) is 0.795. The fourth-order valence-corrected chi connectivity index (χ4v) is 3.99. The van der Waals surface area contributed by atoms with Crippen LogP contribution >= 0.6 is 0 Å². The molecule has 142 valence electrons. The number of hydrogen-bond donors (Lipinski definition) is 0. The van der Waals surface area contributed by atoms with Gasteiger partial charge in [-0.2, -0.15) is 0 Å². The zero-order valence-electron chi connectivity index (χ0n) is 15.6. The van der Waals surface area contributed by atoms with E-state index in [1.807, 2.05) is 0 Å². The molecule has 1 aliphatic carbocycles. The van der Waals surface area contributed by atoms with Gasteiger partial charge >= 0.3 is 0 Å². The van der Waals surface area contributed by atoms with Gasteiger partial charge in [-0.05, 0) is 19.8 Å². The summed E-state index contributed by atoms with van der Waals surface area (Å²) in [6.45, 7) is 6.01. The highest BCUT2D eigenvalue weighted by atomic mass is 16.2. The first-order valence-electron chi connectivity index (χ1n) is 9.76. The summed E-state index contributed by atoms with van der Waals surface area (Å²) in [6, 6.07) is 0.417. The number of likely N-dealkylation sites (N-methyl/N-ethyl adjacent to an activating group) is 1. The van der Waals surface area contributed by atoms with E-state index in [-0.39, 0.29) is 11.8 Å². The SMILES string of the molecule is CCN(C(=O)CN1CCN(C(=O)c2cnccn2)CC1)C1CCCCC1. The lowest BCUT2D eigenvalue weighted by molar-refractivity contribution is -0.135. The molecule has 2 heterocycles. The average Bonchev–Trinajstić information content (AvgIpc) is 2.70. The average molecular weight is 359 g/mol. The normalized spacial score (nSPS) is 19.3. The van der Waals surface area contributed by atoms with Crippen molar-refractivity contribution in [1.29, 1.82) is 0 Å². The van der Waals surface area contributed by atoms with E-state index in [0.29, 0.717) is 31.4 Å². The van der Waals surface area contributed by atoms with E-state index >= 15 is 0 Å². The second-order valence-corrected chi connectivity index (χ2v) is 7.13. The van der Waals surface area contributed by atoms with Crippen LogP contribution in [0.25, 0.3) is 0 Å². The van der Waals surface area contributed by atoms with Crippen LogP contribution in [0.4, 0.5) is 0 Å². The van der Waals surface area contributed by atoms with Crippen LogP contribution in [-0.2, 0) is 4.79 Å². The van der Waals surface area contributed by atoms with Crippen molar-refractivity contribution in [1.82, 2.24) is 24.7 Å². The molecule has 0 aromatic carbocycles. The van der Waals surface area contributed by atoms with Crippen molar-refractivity contribution in [3.05, 3.63) is 24.3 Å². The van der Waals surface area contributed by atoms with Crippen LogP contribution in [0.1, 0.15) is 49.5 Å². The summed E-state index contributed by atoms with van der Waals surface area (Å²) in [5.41, 5.74) is 0.381. The van der Waals surface area contributed by atoms with Gasteiger partial charge < -0.3 is 9.80 Å². The molecule has 2 fully saturated rings.